The summed E-state index contributed by atoms with van der Waals surface area (Å²) < 4.78 is 49.1. The van der Waals surface area contributed by atoms with Gasteiger partial charge >= 0.3 is 12.2 Å². The Hall–Kier alpha value is -3.39. The van der Waals surface area contributed by atoms with Gasteiger partial charge in [0.1, 0.15) is 17.8 Å². The van der Waals surface area contributed by atoms with Crippen molar-refractivity contribution in [2.45, 2.75) is 31.2 Å². The van der Waals surface area contributed by atoms with Crippen molar-refractivity contribution < 1.29 is 22.4 Å². The average molecular weight is 480 g/mol. The Morgan fingerprint density at radius 1 is 1.15 bits per heavy atom. The minimum absolute atomic E-state index is 0.108. The Morgan fingerprint density at radius 2 is 1.94 bits per heavy atom. The minimum Gasteiger partial charge on any atom is -0.463 e. The van der Waals surface area contributed by atoms with Crippen LogP contribution in [-0.2, 0) is 6.18 Å². The van der Waals surface area contributed by atoms with Crippen LogP contribution >= 0.6 is 11.3 Å². The Bertz CT molecular complexity index is 1100. The molecule has 0 amide bonds. The molecule has 0 radical (unpaired) electrons. The highest BCUT2D eigenvalue weighted by atomic mass is 32.1. The maximum Gasteiger partial charge on any atom is 0.455 e. The fourth-order valence-electron chi connectivity index (χ4n) is 3.59. The van der Waals surface area contributed by atoms with Crippen molar-refractivity contribution in [3.63, 3.8) is 0 Å². The van der Waals surface area contributed by atoms with Crippen molar-refractivity contribution in [3.05, 3.63) is 52.2 Å². The summed E-state index contributed by atoms with van der Waals surface area (Å²) in [5.74, 6) is -0.409. The molecule has 1 aromatic carbocycles. The third kappa shape index (κ3) is 4.71. The highest BCUT2D eigenvalue weighted by Crippen LogP contribution is 2.35. The van der Waals surface area contributed by atoms with E-state index in [2.05, 4.69) is 26.3 Å². The largest absolute Gasteiger partial charge is 0.463 e. The van der Waals surface area contributed by atoms with Crippen molar-refractivity contribution in [1.82, 2.24) is 31.2 Å². The molecule has 174 valence electrons. The molecule has 14 heteroatoms. The van der Waals surface area contributed by atoms with Gasteiger partial charge in [0.05, 0.1) is 5.01 Å². The van der Waals surface area contributed by atoms with Crippen molar-refractivity contribution in [1.29, 1.82) is 0 Å². The van der Waals surface area contributed by atoms with Gasteiger partial charge in [-0.1, -0.05) is 18.2 Å². The molecule has 2 aliphatic rings. The normalized spacial score (nSPS) is 17.9. The van der Waals surface area contributed by atoms with Gasteiger partial charge in [0.25, 0.3) is 5.82 Å². The second kappa shape index (κ2) is 8.86. The summed E-state index contributed by atoms with van der Waals surface area (Å²) in [6.45, 7) is 0.987. The Labute approximate surface area is 190 Å². The summed E-state index contributed by atoms with van der Waals surface area (Å²) in [5, 5.41) is 11.5. The van der Waals surface area contributed by atoms with E-state index < -0.39 is 18.2 Å². The second-order valence-corrected chi connectivity index (χ2v) is 8.32. The van der Waals surface area contributed by atoms with E-state index in [-0.39, 0.29) is 11.9 Å². The Balaban J connectivity index is 1.26. The predicted molar refractivity (Wildman–Crippen MR) is 112 cm³/mol. The van der Waals surface area contributed by atoms with Crippen LogP contribution in [0, 0.1) is 0 Å². The maximum absolute atomic E-state index is 12.7. The van der Waals surface area contributed by atoms with Crippen LogP contribution in [-0.4, -0.2) is 39.6 Å². The molecule has 1 fully saturated rings. The molecule has 33 heavy (non-hydrogen) atoms. The number of rotatable bonds is 6. The van der Waals surface area contributed by atoms with Gasteiger partial charge < -0.3 is 14.2 Å². The number of piperidine rings is 1. The molecule has 1 atom stereocenters. The van der Waals surface area contributed by atoms with Gasteiger partial charge in [-0.3, -0.25) is 0 Å². The van der Waals surface area contributed by atoms with Crippen molar-refractivity contribution in [2.75, 3.05) is 18.0 Å². The number of benzene rings is 1. The van der Waals surface area contributed by atoms with Gasteiger partial charge in [-0.15, -0.1) is 16.9 Å². The standard InChI is InChI=1S/C19H19F3N8O2S/c20-19(21,22)17-25-18(32-26-17)29-8-6-12(7-9-29)15-24-14(10-33-15)16(30-11-23-27-28-30)31-13-4-2-1-3-5-13/h1-5,10-12,16,27-28H,6-9H2. The summed E-state index contributed by atoms with van der Waals surface area (Å²) in [5.41, 5.74) is 6.26. The monoisotopic (exact) mass is 480 g/mol. The van der Waals surface area contributed by atoms with Gasteiger partial charge in [-0.05, 0) is 30.1 Å². The van der Waals surface area contributed by atoms with Crippen LogP contribution in [0.3, 0.4) is 0 Å². The van der Waals surface area contributed by atoms with Crippen LogP contribution in [0.25, 0.3) is 0 Å². The van der Waals surface area contributed by atoms with Crippen LogP contribution in [0.2, 0.25) is 0 Å². The quantitative estimate of drug-likeness (QED) is 0.550. The lowest BCUT2D eigenvalue weighted by Gasteiger charge is -2.29. The molecule has 0 saturated carbocycles. The zero-order valence-electron chi connectivity index (χ0n) is 17.1. The first kappa shape index (κ1) is 21.5. The van der Waals surface area contributed by atoms with Crippen LogP contribution in [0.15, 0.2) is 45.3 Å². The summed E-state index contributed by atoms with van der Waals surface area (Å²) in [6, 6.07) is 9.29. The zero-order chi connectivity index (χ0) is 22.8. The number of ether oxygens (including phenoxy) is 1. The van der Waals surface area contributed by atoms with E-state index >= 15 is 0 Å². The van der Waals surface area contributed by atoms with E-state index in [0.717, 1.165) is 10.7 Å². The summed E-state index contributed by atoms with van der Waals surface area (Å²) in [6.07, 6.45) is -2.20. The predicted octanol–water partition coefficient (Wildman–Crippen LogP) is 3.27. The summed E-state index contributed by atoms with van der Waals surface area (Å²) in [4.78, 5) is 9.96. The lowest BCUT2D eigenvalue weighted by Crippen LogP contribution is -2.42. The molecular formula is C19H19F3N8O2S. The first-order valence-corrected chi connectivity index (χ1v) is 11.0. The number of thiazole rings is 1. The number of nitrogens with one attached hydrogen (secondary N) is 2. The number of hydrogen-bond acceptors (Lipinski definition) is 11. The van der Waals surface area contributed by atoms with Crippen molar-refractivity contribution in [2.24, 2.45) is 5.10 Å². The number of alkyl halides is 3. The lowest BCUT2D eigenvalue weighted by atomic mass is 9.98. The molecule has 10 nitrogen and oxygen atoms in total. The van der Waals surface area contributed by atoms with Crippen LogP contribution < -0.4 is 20.7 Å². The van der Waals surface area contributed by atoms with Gasteiger partial charge in [-0.2, -0.15) is 23.3 Å². The number of hydrazone groups is 1. The fraction of sp³-hybridized carbons (Fsp3) is 0.368. The number of hydrazine groups is 2. The Morgan fingerprint density at radius 3 is 2.61 bits per heavy atom. The summed E-state index contributed by atoms with van der Waals surface area (Å²) >= 11 is 1.53. The molecule has 4 heterocycles. The first-order valence-electron chi connectivity index (χ1n) is 10.1. The minimum atomic E-state index is -4.62. The maximum atomic E-state index is 12.7. The molecule has 1 unspecified atom stereocenters. The number of para-hydroxylation sites is 1. The lowest BCUT2D eigenvalue weighted by molar-refractivity contribution is -0.146. The third-order valence-electron chi connectivity index (χ3n) is 5.25. The highest BCUT2D eigenvalue weighted by molar-refractivity contribution is 7.09. The zero-order valence-corrected chi connectivity index (χ0v) is 17.9. The molecule has 0 spiro atoms. The van der Waals surface area contributed by atoms with E-state index in [1.54, 1.807) is 16.2 Å². The Kier molecular flexibility index (Phi) is 5.76. The second-order valence-electron chi connectivity index (χ2n) is 7.43. The van der Waals surface area contributed by atoms with Crippen molar-refractivity contribution in [3.8, 4) is 5.75 Å². The molecule has 0 aliphatic carbocycles. The van der Waals surface area contributed by atoms with E-state index in [4.69, 9.17) is 14.2 Å². The number of nitrogens with zero attached hydrogens (tertiary/aromatic N) is 6. The first-order chi connectivity index (χ1) is 16.0. The molecule has 2 aromatic heterocycles. The van der Waals surface area contributed by atoms with Crippen LogP contribution in [0.1, 0.15) is 41.5 Å². The van der Waals surface area contributed by atoms with Crippen LogP contribution in [0.4, 0.5) is 19.2 Å². The molecule has 2 N–H and O–H groups in total. The van der Waals surface area contributed by atoms with E-state index in [1.807, 2.05) is 35.7 Å². The number of aromatic nitrogens is 3. The van der Waals surface area contributed by atoms with E-state index in [0.29, 0.717) is 31.7 Å². The topological polar surface area (TPSA) is 104 Å². The molecule has 5 rings (SSSR count). The van der Waals surface area contributed by atoms with E-state index in [9.17, 15) is 13.2 Å². The SMILES string of the molecule is FC(F)(F)c1noc(N2CCC(c3nc(C(Oc4ccccc4)N4C=NNN4)cs3)CC2)n1. The number of anilines is 1. The third-order valence-corrected chi connectivity index (χ3v) is 6.27. The highest BCUT2D eigenvalue weighted by Gasteiger charge is 2.38. The molecule has 0 bridgehead atoms. The number of hydrogen-bond donors (Lipinski definition) is 2. The molecule has 3 aromatic rings. The molecular weight excluding hydrogens is 461 g/mol. The molecule has 2 aliphatic heterocycles. The molecule has 1 saturated heterocycles. The van der Waals surface area contributed by atoms with Gasteiger partial charge in [0.2, 0.25) is 6.23 Å². The van der Waals surface area contributed by atoms with E-state index in [1.165, 1.54) is 11.3 Å². The van der Waals surface area contributed by atoms with Crippen LogP contribution in [0.5, 0.6) is 5.75 Å². The fourth-order valence-corrected chi connectivity index (χ4v) is 4.59. The van der Waals surface area contributed by atoms with Crippen molar-refractivity contribution >= 4 is 23.7 Å². The van der Waals surface area contributed by atoms with Gasteiger partial charge in [0, 0.05) is 24.4 Å². The smallest absolute Gasteiger partial charge is 0.455 e. The number of halogens is 3. The van der Waals surface area contributed by atoms with Gasteiger partial charge in [0.15, 0.2) is 0 Å². The van der Waals surface area contributed by atoms with Gasteiger partial charge in [-0.25, -0.2) is 15.5 Å². The average Bonchev–Trinajstić information content (AvgIpc) is 3.60. The summed E-state index contributed by atoms with van der Waals surface area (Å²) in [7, 11) is 0.